The summed E-state index contributed by atoms with van der Waals surface area (Å²) in [5.74, 6) is 0.289. The Morgan fingerprint density at radius 2 is 2.13 bits per heavy atom. The van der Waals surface area contributed by atoms with Crippen LogP contribution in [0.1, 0.15) is 47.5 Å². The lowest BCUT2D eigenvalue weighted by Gasteiger charge is -2.27. The van der Waals surface area contributed by atoms with Crippen LogP contribution in [0.2, 0.25) is 0 Å². The van der Waals surface area contributed by atoms with Crippen molar-refractivity contribution in [2.24, 2.45) is 5.92 Å². The molecule has 2 atom stereocenters. The lowest BCUT2D eigenvalue weighted by molar-refractivity contribution is -0.900. The molecule has 1 aliphatic rings. The second kappa shape index (κ2) is 7.93. The van der Waals surface area contributed by atoms with E-state index in [9.17, 15) is 9.59 Å². The minimum Gasteiger partial charge on any atom is -0.462 e. The van der Waals surface area contributed by atoms with E-state index in [1.165, 1.54) is 29.1 Å². The number of hydrogen-bond acceptors (Lipinski definition) is 4. The molecule has 6 heteroatoms. The molecule has 1 unspecified atom stereocenters. The van der Waals surface area contributed by atoms with Crippen LogP contribution in [0.5, 0.6) is 0 Å². The molecule has 1 amide bonds. The van der Waals surface area contributed by atoms with Gasteiger partial charge in [0.15, 0.2) is 6.54 Å². The monoisotopic (exact) mass is 339 g/mol. The average Bonchev–Trinajstić information content (AvgIpc) is 2.73. The standard InChI is InChI=1S/C17H26N2O3S/c1-5-22-17(21)15-12(3)13(4)23-16(15)18-14(20)10-19-8-6-7-11(2)9-19/h11H,5-10H2,1-4H3,(H,18,20)/p+1/t11-/m1/s1. The number of nitrogens with one attached hydrogen (secondary N) is 2. The lowest BCUT2D eigenvalue weighted by Crippen LogP contribution is -3.14. The van der Waals surface area contributed by atoms with Crippen LogP contribution in [0.3, 0.4) is 0 Å². The van der Waals surface area contributed by atoms with Gasteiger partial charge in [-0.25, -0.2) is 4.79 Å². The molecule has 1 saturated heterocycles. The number of likely N-dealkylation sites (tertiary alicyclic amines) is 1. The van der Waals surface area contributed by atoms with Crippen molar-refractivity contribution in [2.45, 2.75) is 40.5 Å². The molecule has 1 aromatic heterocycles. The van der Waals surface area contributed by atoms with Crippen molar-refractivity contribution in [3.05, 3.63) is 16.0 Å². The number of anilines is 1. The second-order valence-electron chi connectivity index (χ2n) is 6.38. The third kappa shape index (κ3) is 4.54. The van der Waals surface area contributed by atoms with E-state index in [2.05, 4.69) is 12.2 Å². The Bertz CT molecular complexity index is 583. The van der Waals surface area contributed by atoms with Gasteiger partial charge >= 0.3 is 5.97 Å². The molecule has 2 rings (SSSR count). The number of aryl methyl sites for hydroxylation is 1. The van der Waals surface area contributed by atoms with Gasteiger partial charge in [-0.3, -0.25) is 4.79 Å². The van der Waals surface area contributed by atoms with Gasteiger partial charge in [-0.05, 0) is 39.2 Å². The number of thiophene rings is 1. The van der Waals surface area contributed by atoms with E-state index >= 15 is 0 Å². The van der Waals surface area contributed by atoms with Crippen molar-refractivity contribution in [1.29, 1.82) is 0 Å². The summed E-state index contributed by atoms with van der Waals surface area (Å²) in [6, 6.07) is 0. The highest BCUT2D eigenvalue weighted by Crippen LogP contribution is 2.32. The minimum absolute atomic E-state index is 0.0269. The summed E-state index contributed by atoms with van der Waals surface area (Å²) in [6.45, 7) is 10.7. The van der Waals surface area contributed by atoms with Gasteiger partial charge < -0.3 is 15.0 Å². The van der Waals surface area contributed by atoms with Crippen LogP contribution in [0, 0.1) is 19.8 Å². The van der Waals surface area contributed by atoms with Crippen molar-refractivity contribution in [3.63, 3.8) is 0 Å². The summed E-state index contributed by atoms with van der Waals surface area (Å²) >= 11 is 1.44. The Hall–Kier alpha value is -1.40. The van der Waals surface area contributed by atoms with Crippen LogP contribution < -0.4 is 10.2 Å². The second-order valence-corrected chi connectivity index (χ2v) is 7.61. The van der Waals surface area contributed by atoms with Gasteiger partial charge in [0.25, 0.3) is 5.91 Å². The highest BCUT2D eigenvalue weighted by molar-refractivity contribution is 7.16. The Morgan fingerprint density at radius 3 is 2.78 bits per heavy atom. The van der Waals surface area contributed by atoms with Gasteiger partial charge in [0.1, 0.15) is 5.00 Å². The van der Waals surface area contributed by atoms with E-state index in [1.54, 1.807) is 6.92 Å². The summed E-state index contributed by atoms with van der Waals surface area (Å²) < 4.78 is 5.12. The summed E-state index contributed by atoms with van der Waals surface area (Å²) in [5.41, 5.74) is 1.40. The largest absolute Gasteiger partial charge is 0.462 e. The number of piperidine rings is 1. The molecule has 23 heavy (non-hydrogen) atoms. The Kier molecular flexibility index (Phi) is 6.18. The molecular formula is C17H27N2O3S+. The van der Waals surface area contributed by atoms with Gasteiger partial charge in [0.2, 0.25) is 0 Å². The van der Waals surface area contributed by atoms with Crippen LogP contribution in [0.4, 0.5) is 5.00 Å². The van der Waals surface area contributed by atoms with Crippen molar-refractivity contribution >= 4 is 28.2 Å². The molecule has 1 aromatic rings. The van der Waals surface area contributed by atoms with Crippen LogP contribution in [0.15, 0.2) is 0 Å². The third-order valence-electron chi connectivity index (χ3n) is 4.39. The zero-order chi connectivity index (χ0) is 17.0. The molecule has 5 nitrogen and oxygen atoms in total. The van der Waals surface area contributed by atoms with E-state index in [0.29, 0.717) is 29.6 Å². The topological polar surface area (TPSA) is 59.8 Å². The van der Waals surface area contributed by atoms with E-state index < -0.39 is 0 Å². The number of amides is 1. The fourth-order valence-electron chi connectivity index (χ4n) is 3.12. The molecule has 0 bridgehead atoms. The highest BCUT2D eigenvalue weighted by atomic mass is 32.1. The molecule has 0 radical (unpaired) electrons. The maximum Gasteiger partial charge on any atom is 0.341 e. The number of ether oxygens (including phenoxy) is 1. The van der Waals surface area contributed by atoms with Crippen LogP contribution in [-0.2, 0) is 9.53 Å². The predicted molar refractivity (Wildman–Crippen MR) is 92.3 cm³/mol. The van der Waals surface area contributed by atoms with Crippen molar-refractivity contribution in [1.82, 2.24) is 0 Å². The Labute approximate surface area is 142 Å². The quantitative estimate of drug-likeness (QED) is 0.804. The van der Waals surface area contributed by atoms with Crippen LogP contribution in [0.25, 0.3) is 0 Å². The number of esters is 1. The van der Waals surface area contributed by atoms with Gasteiger partial charge in [-0.2, -0.15) is 0 Å². The van der Waals surface area contributed by atoms with Gasteiger partial charge in [-0.1, -0.05) is 6.92 Å². The predicted octanol–water partition coefficient (Wildman–Crippen LogP) is 1.79. The first-order chi connectivity index (χ1) is 10.9. The first-order valence-corrected chi connectivity index (χ1v) is 9.14. The molecule has 2 N–H and O–H groups in total. The van der Waals surface area contributed by atoms with E-state index in [0.717, 1.165) is 23.5 Å². The highest BCUT2D eigenvalue weighted by Gasteiger charge is 2.25. The minimum atomic E-state index is -0.358. The van der Waals surface area contributed by atoms with Crippen molar-refractivity contribution in [2.75, 3.05) is 31.6 Å². The Morgan fingerprint density at radius 1 is 1.39 bits per heavy atom. The molecule has 128 valence electrons. The smallest absolute Gasteiger partial charge is 0.341 e. The number of quaternary nitrogens is 1. The van der Waals surface area contributed by atoms with Crippen LogP contribution >= 0.6 is 11.3 Å². The molecule has 2 heterocycles. The maximum absolute atomic E-state index is 12.4. The van der Waals surface area contributed by atoms with Crippen molar-refractivity contribution < 1.29 is 19.2 Å². The SMILES string of the molecule is CCOC(=O)c1c(NC(=O)C[NH+]2CCC[C@@H](C)C2)sc(C)c1C. The Balaban J connectivity index is 2.05. The van der Waals surface area contributed by atoms with Gasteiger partial charge in [0, 0.05) is 10.8 Å². The van der Waals surface area contributed by atoms with Gasteiger partial charge in [-0.15, -0.1) is 11.3 Å². The summed E-state index contributed by atoms with van der Waals surface area (Å²) in [7, 11) is 0. The zero-order valence-corrected chi connectivity index (χ0v) is 15.3. The van der Waals surface area contributed by atoms with E-state index in [-0.39, 0.29) is 11.9 Å². The number of carbonyl (C=O) groups excluding carboxylic acids is 2. The summed E-state index contributed by atoms with van der Waals surface area (Å²) in [5, 5.41) is 3.55. The molecule has 0 aromatic carbocycles. The molecule has 0 spiro atoms. The van der Waals surface area contributed by atoms with Crippen LogP contribution in [-0.4, -0.2) is 38.1 Å². The van der Waals surface area contributed by atoms with Crippen molar-refractivity contribution in [3.8, 4) is 0 Å². The number of carbonyl (C=O) groups is 2. The molecule has 0 saturated carbocycles. The summed E-state index contributed by atoms with van der Waals surface area (Å²) in [4.78, 5) is 26.9. The molecule has 1 aliphatic heterocycles. The fraction of sp³-hybridized carbons (Fsp3) is 0.647. The number of hydrogen-bond donors (Lipinski definition) is 2. The number of rotatable bonds is 5. The molecule has 0 aliphatic carbocycles. The lowest BCUT2D eigenvalue weighted by atomic mass is 10.0. The third-order valence-corrected chi connectivity index (χ3v) is 5.52. The molecular weight excluding hydrogens is 312 g/mol. The zero-order valence-electron chi connectivity index (χ0n) is 14.5. The first kappa shape index (κ1) is 17.9. The first-order valence-electron chi connectivity index (χ1n) is 8.32. The normalized spacial score (nSPS) is 21.0. The van der Waals surface area contributed by atoms with E-state index in [1.807, 2.05) is 13.8 Å². The van der Waals surface area contributed by atoms with E-state index in [4.69, 9.17) is 4.74 Å². The fourth-order valence-corrected chi connectivity index (χ4v) is 4.18. The van der Waals surface area contributed by atoms with Gasteiger partial charge in [0.05, 0.1) is 25.3 Å². The average molecular weight is 339 g/mol. The maximum atomic E-state index is 12.4. The summed E-state index contributed by atoms with van der Waals surface area (Å²) in [6.07, 6.45) is 2.43. The molecule has 1 fully saturated rings.